The van der Waals surface area contributed by atoms with Crippen LogP contribution < -0.4 is 5.32 Å². The molecule has 0 bridgehead atoms. The molecule has 4 heterocycles. The number of nitrogens with one attached hydrogen (secondary N) is 2. The first kappa shape index (κ1) is 17.5. The molecule has 0 aliphatic carbocycles. The van der Waals surface area contributed by atoms with Gasteiger partial charge in [-0.25, -0.2) is 19.9 Å². The Labute approximate surface area is 167 Å². The summed E-state index contributed by atoms with van der Waals surface area (Å²) in [5.41, 5.74) is 3.79. The molecule has 3 aromatic heterocycles. The zero-order valence-electron chi connectivity index (χ0n) is 15.9. The van der Waals surface area contributed by atoms with Crippen molar-refractivity contribution in [3.8, 4) is 0 Å². The quantitative estimate of drug-likeness (QED) is 0.558. The van der Waals surface area contributed by atoms with E-state index >= 15 is 0 Å². The number of carbonyl (C=O) groups is 1. The van der Waals surface area contributed by atoms with Crippen LogP contribution in [0.3, 0.4) is 0 Å². The lowest BCUT2D eigenvalue weighted by Crippen LogP contribution is -2.47. The topological polar surface area (TPSA) is 99.7 Å². The van der Waals surface area contributed by atoms with E-state index in [0.717, 1.165) is 42.4 Å². The van der Waals surface area contributed by atoms with Crippen molar-refractivity contribution in [2.75, 3.05) is 18.4 Å². The maximum Gasteiger partial charge on any atom is 0.254 e. The van der Waals surface area contributed by atoms with Crippen LogP contribution in [-0.2, 0) is 0 Å². The van der Waals surface area contributed by atoms with Crippen LogP contribution in [-0.4, -0.2) is 54.9 Å². The molecule has 5 rings (SSSR count). The Hall–Kier alpha value is -3.55. The van der Waals surface area contributed by atoms with Gasteiger partial charge in [0.2, 0.25) is 0 Å². The number of piperidine rings is 1. The fourth-order valence-electron chi connectivity index (χ4n) is 3.87. The van der Waals surface area contributed by atoms with Gasteiger partial charge in [-0.1, -0.05) is 0 Å². The van der Waals surface area contributed by atoms with Crippen LogP contribution in [0.4, 0.5) is 5.82 Å². The van der Waals surface area contributed by atoms with Gasteiger partial charge in [-0.3, -0.25) is 4.79 Å². The second kappa shape index (κ2) is 7.46. The smallest absolute Gasteiger partial charge is 0.254 e. The van der Waals surface area contributed by atoms with Gasteiger partial charge in [-0.2, -0.15) is 0 Å². The van der Waals surface area contributed by atoms with E-state index in [4.69, 9.17) is 0 Å². The molecular weight excluding hydrogens is 366 g/mol. The number of hydrogen-bond donors (Lipinski definition) is 2. The molecule has 8 nitrogen and oxygen atoms in total. The van der Waals surface area contributed by atoms with Gasteiger partial charge in [0.1, 0.15) is 11.3 Å². The summed E-state index contributed by atoms with van der Waals surface area (Å²) in [5.74, 6) is 0.747. The van der Waals surface area contributed by atoms with E-state index in [1.807, 2.05) is 35.2 Å². The number of rotatable bonds is 4. The van der Waals surface area contributed by atoms with Crippen molar-refractivity contribution in [3.05, 3.63) is 54.6 Å². The molecule has 2 N–H and O–H groups in total. The molecule has 1 aromatic carbocycles. The molecule has 4 aromatic rings. The highest BCUT2D eigenvalue weighted by molar-refractivity contribution is 5.97. The molecule has 29 heavy (non-hydrogen) atoms. The fourth-order valence-corrected chi connectivity index (χ4v) is 3.87. The van der Waals surface area contributed by atoms with Crippen molar-refractivity contribution in [2.45, 2.75) is 25.3 Å². The highest BCUT2D eigenvalue weighted by atomic mass is 16.2. The first-order valence-corrected chi connectivity index (χ1v) is 9.84. The van der Waals surface area contributed by atoms with Crippen LogP contribution >= 0.6 is 0 Å². The van der Waals surface area contributed by atoms with Gasteiger partial charge in [0, 0.05) is 30.9 Å². The molecule has 1 aliphatic rings. The van der Waals surface area contributed by atoms with Crippen molar-refractivity contribution in [1.82, 2.24) is 29.8 Å². The number of fused-ring (bicyclic) bond motifs is 2. The monoisotopic (exact) mass is 387 g/mol. The maximum atomic E-state index is 13.2. The first-order valence-electron chi connectivity index (χ1n) is 9.84. The molecule has 1 unspecified atom stereocenters. The summed E-state index contributed by atoms with van der Waals surface area (Å²) in [6.07, 6.45) is 8.14. The fraction of sp³-hybridized carbons (Fsp3) is 0.286. The minimum Gasteiger partial charge on any atom is -0.367 e. The molecule has 1 aliphatic heterocycles. The minimum atomic E-state index is 0.0511. The van der Waals surface area contributed by atoms with Crippen molar-refractivity contribution < 1.29 is 4.79 Å². The van der Waals surface area contributed by atoms with Gasteiger partial charge in [-0.15, -0.1) is 0 Å². The molecule has 146 valence electrons. The first-order chi connectivity index (χ1) is 14.3. The van der Waals surface area contributed by atoms with Gasteiger partial charge in [0.25, 0.3) is 5.91 Å². The predicted octanol–water partition coefficient (Wildman–Crippen LogP) is 3.01. The molecule has 0 spiro atoms. The number of benzene rings is 1. The average Bonchev–Trinajstić information content (AvgIpc) is 3.25. The summed E-state index contributed by atoms with van der Waals surface area (Å²) < 4.78 is 0. The summed E-state index contributed by atoms with van der Waals surface area (Å²) in [7, 11) is 0. The molecule has 0 saturated carbocycles. The second-order valence-electron chi connectivity index (χ2n) is 7.26. The number of aromatic amines is 1. The van der Waals surface area contributed by atoms with E-state index < -0.39 is 0 Å². The van der Waals surface area contributed by atoms with Gasteiger partial charge < -0.3 is 15.2 Å². The zero-order chi connectivity index (χ0) is 19.6. The predicted molar refractivity (Wildman–Crippen MR) is 111 cm³/mol. The van der Waals surface area contributed by atoms with E-state index in [1.54, 1.807) is 18.7 Å². The Balaban J connectivity index is 1.32. The molecule has 8 heteroatoms. The van der Waals surface area contributed by atoms with Crippen LogP contribution in [0.15, 0.2) is 49.1 Å². The SMILES string of the molecule is O=C(c1ccc2[nH]cnc2c1)N1CCCCC1CNc1cnc2ncccc2n1. The van der Waals surface area contributed by atoms with Crippen molar-refractivity contribution in [3.63, 3.8) is 0 Å². The third kappa shape index (κ3) is 3.49. The third-order valence-corrected chi connectivity index (χ3v) is 5.39. The number of likely N-dealkylation sites (tertiary alicyclic amines) is 1. The summed E-state index contributed by atoms with van der Waals surface area (Å²) in [6, 6.07) is 9.47. The molecular formula is C21H21N7O. The van der Waals surface area contributed by atoms with Crippen molar-refractivity contribution in [2.24, 2.45) is 0 Å². The van der Waals surface area contributed by atoms with Gasteiger partial charge in [0.15, 0.2) is 5.65 Å². The summed E-state index contributed by atoms with van der Waals surface area (Å²) in [5, 5.41) is 3.36. The zero-order valence-corrected chi connectivity index (χ0v) is 15.9. The largest absolute Gasteiger partial charge is 0.367 e. The maximum absolute atomic E-state index is 13.2. The standard InChI is InChI=1S/C21H21N7O/c29-21(14-6-7-16-18(10-14)26-13-25-16)28-9-2-1-4-15(28)11-23-19-12-24-20-17(27-19)5-3-8-22-20/h3,5-8,10,12-13,15H,1-2,4,9,11H2,(H,23,27)(H,25,26). The summed E-state index contributed by atoms with van der Waals surface area (Å²) in [6.45, 7) is 1.40. The van der Waals surface area contributed by atoms with Crippen LogP contribution in [0.25, 0.3) is 22.2 Å². The highest BCUT2D eigenvalue weighted by Crippen LogP contribution is 2.22. The third-order valence-electron chi connectivity index (χ3n) is 5.39. The van der Waals surface area contributed by atoms with E-state index in [2.05, 4.69) is 30.2 Å². The molecule has 1 saturated heterocycles. The number of carbonyl (C=O) groups excluding carboxylic acids is 1. The Morgan fingerprint density at radius 3 is 3.10 bits per heavy atom. The van der Waals surface area contributed by atoms with E-state index in [1.165, 1.54) is 0 Å². The number of anilines is 1. The van der Waals surface area contributed by atoms with E-state index in [0.29, 0.717) is 23.6 Å². The number of amides is 1. The number of imidazole rings is 1. The van der Waals surface area contributed by atoms with Crippen LogP contribution in [0.2, 0.25) is 0 Å². The number of aromatic nitrogens is 5. The Morgan fingerprint density at radius 2 is 2.14 bits per heavy atom. The molecule has 0 radical (unpaired) electrons. The lowest BCUT2D eigenvalue weighted by molar-refractivity contribution is 0.0628. The number of pyridine rings is 1. The second-order valence-corrected chi connectivity index (χ2v) is 7.26. The molecule has 1 amide bonds. The van der Waals surface area contributed by atoms with Crippen LogP contribution in [0.1, 0.15) is 29.6 Å². The van der Waals surface area contributed by atoms with E-state index in [9.17, 15) is 4.79 Å². The Kier molecular flexibility index (Phi) is 4.51. The number of H-pyrrole nitrogens is 1. The number of hydrogen-bond acceptors (Lipinski definition) is 6. The lowest BCUT2D eigenvalue weighted by Gasteiger charge is -2.36. The lowest BCUT2D eigenvalue weighted by atomic mass is 10.0. The van der Waals surface area contributed by atoms with Crippen molar-refractivity contribution in [1.29, 1.82) is 0 Å². The highest BCUT2D eigenvalue weighted by Gasteiger charge is 2.27. The Bertz CT molecular complexity index is 1170. The molecule has 1 atom stereocenters. The molecule has 1 fully saturated rings. The van der Waals surface area contributed by atoms with Gasteiger partial charge >= 0.3 is 0 Å². The average molecular weight is 387 g/mol. The van der Waals surface area contributed by atoms with Crippen LogP contribution in [0.5, 0.6) is 0 Å². The summed E-state index contributed by atoms with van der Waals surface area (Å²) >= 11 is 0. The normalized spacial score (nSPS) is 17.0. The van der Waals surface area contributed by atoms with Gasteiger partial charge in [-0.05, 0) is 49.6 Å². The van der Waals surface area contributed by atoms with E-state index in [-0.39, 0.29) is 11.9 Å². The minimum absolute atomic E-state index is 0.0511. The summed E-state index contributed by atoms with van der Waals surface area (Å²) in [4.78, 5) is 35.6. The van der Waals surface area contributed by atoms with Crippen molar-refractivity contribution >= 4 is 33.9 Å². The van der Waals surface area contributed by atoms with Crippen LogP contribution in [0, 0.1) is 0 Å². The Morgan fingerprint density at radius 1 is 1.17 bits per heavy atom. The van der Waals surface area contributed by atoms with Gasteiger partial charge in [0.05, 0.1) is 23.6 Å². The number of nitrogens with zero attached hydrogens (tertiary/aromatic N) is 5.